The van der Waals surface area contributed by atoms with E-state index in [4.69, 9.17) is 4.74 Å². The minimum Gasteiger partial charge on any atom is -0.497 e. The zero-order valence-corrected chi connectivity index (χ0v) is 18.1. The molecule has 3 aromatic rings. The highest BCUT2D eigenvalue weighted by Crippen LogP contribution is 2.47. The number of alkyl halides is 3. The molecule has 0 heterocycles. The SMILES string of the molecule is COc1ccc(C)c(N=C2c3cc([N+](=O)[O-])c(C)cc3-c3cc(C(F)(F)F)c([N+](=O)[O-])cc32)c1. The summed E-state index contributed by atoms with van der Waals surface area (Å²) in [6.07, 6.45) is -4.98. The molecule has 34 heavy (non-hydrogen) atoms. The third-order valence-electron chi connectivity index (χ3n) is 5.62. The fraction of sp³-hybridized carbons (Fsp3) is 0.174. The molecule has 1 aliphatic carbocycles. The largest absolute Gasteiger partial charge is 0.497 e. The van der Waals surface area contributed by atoms with Crippen LogP contribution >= 0.6 is 0 Å². The number of nitro groups is 2. The number of hydrogen-bond donors (Lipinski definition) is 0. The smallest absolute Gasteiger partial charge is 0.423 e. The van der Waals surface area contributed by atoms with Crippen molar-refractivity contribution in [3.63, 3.8) is 0 Å². The number of nitro benzene ring substituents is 2. The van der Waals surface area contributed by atoms with Crippen LogP contribution in [0.1, 0.15) is 27.8 Å². The zero-order valence-electron chi connectivity index (χ0n) is 18.1. The Morgan fingerprint density at radius 3 is 1.97 bits per heavy atom. The van der Waals surface area contributed by atoms with Gasteiger partial charge in [0.1, 0.15) is 11.3 Å². The van der Waals surface area contributed by atoms with Gasteiger partial charge in [0.2, 0.25) is 0 Å². The topological polar surface area (TPSA) is 108 Å². The molecule has 0 N–H and O–H groups in total. The molecule has 0 aromatic heterocycles. The van der Waals surface area contributed by atoms with Crippen LogP contribution in [-0.4, -0.2) is 22.7 Å². The molecule has 0 amide bonds. The van der Waals surface area contributed by atoms with Gasteiger partial charge in [0, 0.05) is 34.9 Å². The van der Waals surface area contributed by atoms with Gasteiger partial charge in [-0.05, 0) is 48.7 Å². The van der Waals surface area contributed by atoms with Crippen molar-refractivity contribution in [3.8, 4) is 16.9 Å². The zero-order chi connectivity index (χ0) is 24.9. The maximum absolute atomic E-state index is 13.6. The number of methoxy groups -OCH3 is 1. The van der Waals surface area contributed by atoms with Crippen molar-refractivity contribution in [3.05, 3.63) is 90.5 Å². The van der Waals surface area contributed by atoms with E-state index in [1.807, 2.05) is 0 Å². The summed E-state index contributed by atoms with van der Waals surface area (Å²) in [5, 5.41) is 23.0. The van der Waals surface area contributed by atoms with Gasteiger partial charge in [0.25, 0.3) is 11.4 Å². The molecular weight excluding hydrogens is 455 g/mol. The number of nitrogens with zero attached hydrogens (tertiary/aromatic N) is 3. The Balaban J connectivity index is 2.10. The quantitative estimate of drug-likeness (QED) is 0.256. The number of fused-ring (bicyclic) bond motifs is 3. The van der Waals surface area contributed by atoms with Crippen LogP contribution in [0.5, 0.6) is 5.75 Å². The molecule has 4 rings (SSSR count). The number of ether oxygens (including phenoxy) is 1. The lowest BCUT2D eigenvalue weighted by Crippen LogP contribution is -2.10. The van der Waals surface area contributed by atoms with Crippen LogP contribution in [0.15, 0.2) is 47.5 Å². The van der Waals surface area contributed by atoms with E-state index < -0.39 is 27.3 Å². The molecule has 8 nitrogen and oxygen atoms in total. The van der Waals surface area contributed by atoms with E-state index in [-0.39, 0.29) is 39.2 Å². The molecule has 0 fully saturated rings. The van der Waals surface area contributed by atoms with E-state index in [0.29, 0.717) is 23.1 Å². The van der Waals surface area contributed by atoms with Gasteiger partial charge in [-0.3, -0.25) is 20.2 Å². The van der Waals surface area contributed by atoms with Crippen molar-refractivity contribution in [1.82, 2.24) is 0 Å². The van der Waals surface area contributed by atoms with Crippen LogP contribution in [0.3, 0.4) is 0 Å². The standard InChI is InChI=1S/C23H16F3N3O5/c1-11-4-5-13(34-3)7-19(11)27-22-16-9-20(28(30)31)12(2)6-14(16)15-8-18(23(24,25)26)21(29(32)33)10-17(15)22/h4-10H,1-3H3. The Bertz CT molecular complexity index is 1410. The first-order valence-corrected chi connectivity index (χ1v) is 9.85. The van der Waals surface area contributed by atoms with E-state index in [1.54, 1.807) is 25.1 Å². The van der Waals surface area contributed by atoms with Crippen molar-refractivity contribution in [2.24, 2.45) is 4.99 Å². The fourth-order valence-electron chi connectivity index (χ4n) is 3.92. The third-order valence-corrected chi connectivity index (χ3v) is 5.62. The molecule has 3 aromatic carbocycles. The Hall–Kier alpha value is -4.28. The first-order chi connectivity index (χ1) is 15.9. The van der Waals surface area contributed by atoms with Crippen molar-refractivity contribution < 1.29 is 27.8 Å². The molecule has 0 aliphatic heterocycles. The van der Waals surface area contributed by atoms with Crippen molar-refractivity contribution in [1.29, 1.82) is 0 Å². The summed E-state index contributed by atoms with van der Waals surface area (Å²) in [6, 6.07) is 9.19. The molecule has 11 heteroatoms. The van der Waals surface area contributed by atoms with E-state index >= 15 is 0 Å². The van der Waals surface area contributed by atoms with E-state index in [1.165, 1.54) is 26.2 Å². The molecule has 0 bridgehead atoms. The summed E-state index contributed by atoms with van der Waals surface area (Å²) in [5.74, 6) is 0.469. The Kier molecular flexibility index (Phi) is 5.35. The highest BCUT2D eigenvalue weighted by atomic mass is 19.4. The number of benzene rings is 3. The second-order valence-corrected chi connectivity index (χ2v) is 7.72. The van der Waals surface area contributed by atoms with Crippen LogP contribution in [0, 0.1) is 34.1 Å². The van der Waals surface area contributed by atoms with Crippen molar-refractivity contribution in [2.75, 3.05) is 7.11 Å². The average Bonchev–Trinajstić information content (AvgIpc) is 3.04. The first kappa shape index (κ1) is 22.9. The molecule has 0 saturated heterocycles. The van der Waals surface area contributed by atoms with Crippen LogP contribution in [0.25, 0.3) is 11.1 Å². The normalized spacial score (nSPS) is 13.5. The number of aliphatic imine (C=N–C) groups is 1. The lowest BCUT2D eigenvalue weighted by molar-refractivity contribution is -0.388. The Morgan fingerprint density at radius 1 is 0.824 bits per heavy atom. The second-order valence-electron chi connectivity index (χ2n) is 7.72. The van der Waals surface area contributed by atoms with Gasteiger partial charge in [0.05, 0.1) is 28.4 Å². The van der Waals surface area contributed by atoms with Crippen molar-refractivity contribution in [2.45, 2.75) is 20.0 Å². The highest BCUT2D eigenvalue weighted by molar-refractivity contribution is 6.26. The first-order valence-electron chi connectivity index (χ1n) is 9.85. The molecule has 0 atom stereocenters. The van der Waals surface area contributed by atoms with Crippen LogP contribution in [0.4, 0.5) is 30.2 Å². The molecular formula is C23H16F3N3O5. The molecule has 0 spiro atoms. The maximum Gasteiger partial charge on any atom is 0.423 e. The predicted octanol–water partition coefficient (Wildman–Crippen LogP) is 6.30. The van der Waals surface area contributed by atoms with Gasteiger partial charge in [0.15, 0.2) is 0 Å². The summed E-state index contributed by atoms with van der Waals surface area (Å²) in [4.78, 5) is 25.9. The Morgan fingerprint density at radius 2 is 1.41 bits per heavy atom. The fourth-order valence-corrected chi connectivity index (χ4v) is 3.92. The number of halogens is 3. The molecule has 0 unspecified atom stereocenters. The number of hydrogen-bond acceptors (Lipinski definition) is 6. The highest BCUT2D eigenvalue weighted by Gasteiger charge is 2.41. The molecule has 174 valence electrons. The number of rotatable bonds is 4. The summed E-state index contributed by atoms with van der Waals surface area (Å²) >= 11 is 0. The summed E-state index contributed by atoms with van der Waals surface area (Å²) in [7, 11) is 1.45. The van der Waals surface area contributed by atoms with Gasteiger partial charge in [-0.25, -0.2) is 4.99 Å². The third kappa shape index (κ3) is 3.74. The van der Waals surface area contributed by atoms with Gasteiger partial charge >= 0.3 is 6.18 Å². The second kappa shape index (κ2) is 7.94. The number of aryl methyl sites for hydroxylation is 2. The summed E-state index contributed by atoms with van der Waals surface area (Å²) < 4.78 is 46.1. The van der Waals surface area contributed by atoms with E-state index in [0.717, 1.165) is 6.07 Å². The molecule has 0 saturated carbocycles. The molecule has 1 aliphatic rings. The summed E-state index contributed by atoms with van der Waals surface area (Å²) in [5.41, 5.74) is -0.709. The van der Waals surface area contributed by atoms with E-state index in [2.05, 4.69) is 4.99 Å². The minimum absolute atomic E-state index is 0.0604. The summed E-state index contributed by atoms with van der Waals surface area (Å²) in [6.45, 7) is 3.22. The van der Waals surface area contributed by atoms with Gasteiger partial charge in [-0.2, -0.15) is 13.2 Å². The lowest BCUT2D eigenvalue weighted by Gasteiger charge is -2.10. The minimum atomic E-state index is -4.98. The average molecular weight is 471 g/mol. The monoisotopic (exact) mass is 471 g/mol. The predicted molar refractivity (Wildman–Crippen MR) is 118 cm³/mol. The van der Waals surface area contributed by atoms with Crippen molar-refractivity contribution >= 4 is 22.8 Å². The van der Waals surface area contributed by atoms with Gasteiger partial charge in [-0.1, -0.05) is 6.07 Å². The van der Waals surface area contributed by atoms with E-state index in [9.17, 15) is 33.4 Å². The van der Waals surface area contributed by atoms with Crippen LogP contribution < -0.4 is 4.74 Å². The Labute approximate surface area is 190 Å². The maximum atomic E-state index is 13.6. The van der Waals surface area contributed by atoms with Crippen LogP contribution in [0.2, 0.25) is 0 Å². The lowest BCUT2D eigenvalue weighted by atomic mass is 9.99. The van der Waals surface area contributed by atoms with Gasteiger partial charge in [-0.15, -0.1) is 0 Å². The van der Waals surface area contributed by atoms with Crippen LogP contribution in [-0.2, 0) is 6.18 Å². The molecule has 0 radical (unpaired) electrons. The van der Waals surface area contributed by atoms with Gasteiger partial charge < -0.3 is 4.74 Å².